The number of benzene rings is 1. The maximum atomic E-state index is 5.49. The average Bonchev–Trinajstić information content (AvgIpc) is 2.14. The molecule has 0 saturated carbocycles. The predicted molar refractivity (Wildman–Crippen MR) is 55.3 cm³/mol. The lowest BCUT2D eigenvalue weighted by atomic mass is 10.4. The van der Waals surface area contributed by atoms with Gasteiger partial charge in [-0.15, -0.1) is 0 Å². The summed E-state index contributed by atoms with van der Waals surface area (Å²) >= 11 is 0. The summed E-state index contributed by atoms with van der Waals surface area (Å²) in [6.07, 6.45) is 2.37. The third-order valence-electron chi connectivity index (χ3n) is 1.56. The first-order valence-corrected chi connectivity index (χ1v) is 5.27. The lowest BCUT2D eigenvalue weighted by Crippen LogP contribution is -1.94. The summed E-state index contributed by atoms with van der Waals surface area (Å²) in [5.41, 5.74) is 0. The summed E-state index contributed by atoms with van der Waals surface area (Å²) in [5, 5.41) is 1.29. The molecule has 1 nitrogen and oxygen atoms in total. The van der Waals surface area contributed by atoms with Gasteiger partial charge in [0.25, 0.3) is 0 Å². The molecule has 0 aromatic heterocycles. The van der Waals surface area contributed by atoms with Gasteiger partial charge in [0.15, 0.2) is 0 Å². The Morgan fingerprint density at radius 3 is 2.67 bits per heavy atom. The van der Waals surface area contributed by atoms with E-state index in [4.69, 9.17) is 4.52 Å². The molecule has 1 unspecified atom stereocenters. The van der Waals surface area contributed by atoms with Crippen LogP contribution in [-0.2, 0) is 4.52 Å². The number of hydrogen-bond donors (Lipinski definition) is 0. The van der Waals surface area contributed by atoms with E-state index < -0.39 is 0 Å². The molecule has 0 spiro atoms. The average molecular weight is 182 g/mol. The van der Waals surface area contributed by atoms with Crippen LogP contribution in [0.4, 0.5) is 0 Å². The van der Waals surface area contributed by atoms with Gasteiger partial charge < -0.3 is 4.52 Å². The zero-order chi connectivity index (χ0) is 8.65. The minimum atomic E-state index is 0.514. The Labute approximate surface area is 76.0 Å². The highest BCUT2D eigenvalue weighted by molar-refractivity contribution is 7.41. The monoisotopic (exact) mass is 182 g/mol. The summed E-state index contributed by atoms with van der Waals surface area (Å²) in [6.45, 7) is 3.07. The predicted octanol–water partition coefficient (Wildman–Crippen LogP) is 2.72. The van der Waals surface area contributed by atoms with E-state index in [9.17, 15) is 0 Å². The highest BCUT2D eigenvalue weighted by Gasteiger charge is 1.90. The van der Waals surface area contributed by atoms with E-state index in [1.165, 1.54) is 18.1 Å². The highest BCUT2D eigenvalue weighted by atomic mass is 31.1. The van der Waals surface area contributed by atoms with Crippen LogP contribution in [0.2, 0.25) is 0 Å². The molecule has 1 aromatic carbocycles. The van der Waals surface area contributed by atoms with E-state index in [-0.39, 0.29) is 0 Å². The molecule has 0 bridgehead atoms. The van der Waals surface area contributed by atoms with Crippen LogP contribution in [-0.4, -0.2) is 6.61 Å². The number of rotatable bonds is 5. The fourth-order valence-corrected chi connectivity index (χ4v) is 1.60. The van der Waals surface area contributed by atoms with Crippen LogP contribution in [0.1, 0.15) is 19.8 Å². The lowest BCUT2D eigenvalue weighted by Gasteiger charge is -2.01. The molecule has 0 aliphatic heterocycles. The molecule has 0 amide bonds. The van der Waals surface area contributed by atoms with Gasteiger partial charge in [-0.05, 0) is 11.7 Å². The smallest absolute Gasteiger partial charge is 0.0509 e. The topological polar surface area (TPSA) is 9.23 Å². The maximum absolute atomic E-state index is 5.49. The molecule has 2 heteroatoms. The Morgan fingerprint density at radius 1 is 1.25 bits per heavy atom. The molecular weight excluding hydrogens is 167 g/mol. The third kappa shape index (κ3) is 3.85. The summed E-state index contributed by atoms with van der Waals surface area (Å²) in [6, 6.07) is 10.3. The largest absolute Gasteiger partial charge is 0.358 e. The van der Waals surface area contributed by atoms with Crippen LogP contribution in [0.3, 0.4) is 0 Å². The van der Waals surface area contributed by atoms with Crippen molar-refractivity contribution in [2.75, 3.05) is 6.61 Å². The molecule has 1 rings (SSSR count). The van der Waals surface area contributed by atoms with E-state index in [2.05, 4.69) is 19.1 Å². The van der Waals surface area contributed by atoms with E-state index in [1.807, 2.05) is 18.2 Å². The quantitative estimate of drug-likeness (QED) is 0.502. The molecule has 0 aliphatic carbocycles. The number of hydrogen-bond acceptors (Lipinski definition) is 1. The Kier molecular flexibility index (Phi) is 4.98. The van der Waals surface area contributed by atoms with Gasteiger partial charge in [0.2, 0.25) is 0 Å². The maximum Gasteiger partial charge on any atom is 0.0509 e. The van der Waals surface area contributed by atoms with Gasteiger partial charge in [-0.3, -0.25) is 0 Å². The highest BCUT2D eigenvalue weighted by Crippen LogP contribution is 2.11. The molecule has 0 radical (unpaired) electrons. The first kappa shape index (κ1) is 9.70. The van der Waals surface area contributed by atoms with Crippen LogP contribution < -0.4 is 5.30 Å². The van der Waals surface area contributed by atoms with Crippen LogP contribution in [0.25, 0.3) is 0 Å². The van der Waals surface area contributed by atoms with Crippen molar-refractivity contribution in [1.29, 1.82) is 0 Å². The molecule has 0 saturated heterocycles. The van der Waals surface area contributed by atoms with Gasteiger partial charge in [0, 0.05) is 8.81 Å². The first-order valence-electron chi connectivity index (χ1n) is 4.36. The van der Waals surface area contributed by atoms with Crippen LogP contribution in [0.5, 0.6) is 0 Å². The van der Waals surface area contributed by atoms with Crippen LogP contribution >= 0.6 is 8.81 Å². The third-order valence-corrected chi connectivity index (χ3v) is 2.48. The molecule has 1 atom stereocenters. The number of unbranched alkanes of at least 4 members (excludes halogenated alkanes) is 1. The fourth-order valence-electron chi connectivity index (χ4n) is 0.857. The van der Waals surface area contributed by atoms with Crippen molar-refractivity contribution >= 4 is 14.1 Å². The van der Waals surface area contributed by atoms with Crippen molar-refractivity contribution in [2.45, 2.75) is 19.8 Å². The Hall–Kier alpha value is -0.390. The van der Waals surface area contributed by atoms with Crippen molar-refractivity contribution in [3.8, 4) is 0 Å². The van der Waals surface area contributed by atoms with Crippen molar-refractivity contribution in [3.05, 3.63) is 30.3 Å². The zero-order valence-corrected chi connectivity index (χ0v) is 8.42. The van der Waals surface area contributed by atoms with E-state index >= 15 is 0 Å². The van der Waals surface area contributed by atoms with E-state index in [0.717, 1.165) is 6.61 Å². The molecular formula is C10H15OP. The SMILES string of the molecule is CCCCOPc1ccccc1. The van der Waals surface area contributed by atoms with Crippen molar-refractivity contribution in [3.63, 3.8) is 0 Å². The van der Waals surface area contributed by atoms with Crippen molar-refractivity contribution in [1.82, 2.24) is 0 Å². The summed E-state index contributed by atoms with van der Waals surface area (Å²) < 4.78 is 5.49. The summed E-state index contributed by atoms with van der Waals surface area (Å²) in [7, 11) is 0.514. The lowest BCUT2D eigenvalue weighted by molar-refractivity contribution is 0.356. The van der Waals surface area contributed by atoms with E-state index in [0.29, 0.717) is 8.81 Å². The molecule has 0 aliphatic rings. The second kappa shape index (κ2) is 6.16. The van der Waals surface area contributed by atoms with Gasteiger partial charge in [-0.25, -0.2) is 0 Å². The van der Waals surface area contributed by atoms with Crippen molar-refractivity contribution < 1.29 is 4.52 Å². The van der Waals surface area contributed by atoms with Gasteiger partial charge in [0.1, 0.15) is 0 Å². The van der Waals surface area contributed by atoms with Crippen LogP contribution in [0.15, 0.2) is 30.3 Å². The van der Waals surface area contributed by atoms with Crippen molar-refractivity contribution in [2.24, 2.45) is 0 Å². The fraction of sp³-hybridized carbons (Fsp3) is 0.400. The van der Waals surface area contributed by atoms with Gasteiger partial charge in [-0.1, -0.05) is 43.7 Å². The summed E-state index contributed by atoms with van der Waals surface area (Å²) in [5.74, 6) is 0. The molecule has 0 heterocycles. The molecule has 66 valence electrons. The molecule has 0 fully saturated rings. The minimum Gasteiger partial charge on any atom is -0.358 e. The van der Waals surface area contributed by atoms with Gasteiger partial charge in [0.05, 0.1) is 6.61 Å². The Bertz CT molecular complexity index is 198. The zero-order valence-electron chi connectivity index (χ0n) is 7.42. The summed E-state index contributed by atoms with van der Waals surface area (Å²) in [4.78, 5) is 0. The molecule has 12 heavy (non-hydrogen) atoms. The molecule has 0 N–H and O–H groups in total. The van der Waals surface area contributed by atoms with Gasteiger partial charge in [-0.2, -0.15) is 0 Å². The van der Waals surface area contributed by atoms with E-state index in [1.54, 1.807) is 0 Å². The minimum absolute atomic E-state index is 0.514. The Balaban J connectivity index is 2.16. The van der Waals surface area contributed by atoms with Gasteiger partial charge >= 0.3 is 0 Å². The second-order valence-electron chi connectivity index (χ2n) is 2.67. The Morgan fingerprint density at radius 2 is 2.00 bits per heavy atom. The standard InChI is InChI=1S/C10H15OP/c1-2-3-9-11-12-10-7-5-4-6-8-10/h4-8,12H,2-3,9H2,1H3. The second-order valence-corrected chi connectivity index (χ2v) is 3.74. The molecule has 1 aromatic rings. The first-order chi connectivity index (χ1) is 5.93. The van der Waals surface area contributed by atoms with Crippen LogP contribution in [0, 0.1) is 0 Å². The normalized spacial score (nSPS) is 11.1.